The summed E-state index contributed by atoms with van der Waals surface area (Å²) in [7, 11) is -3.58. The van der Waals surface area contributed by atoms with Crippen LogP contribution in [0.2, 0.25) is 0 Å². The summed E-state index contributed by atoms with van der Waals surface area (Å²) in [5, 5.41) is 3.03. The number of hydrogen-bond acceptors (Lipinski definition) is 5. The summed E-state index contributed by atoms with van der Waals surface area (Å²) in [4.78, 5) is 12.5. The molecule has 1 atom stereocenters. The quantitative estimate of drug-likeness (QED) is 0.531. The van der Waals surface area contributed by atoms with E-state index in [1.165, 1.54) is 18.6 Å². The van der Waals surface area contributed by atoms with Crippen molar-refractivity contribution in [2.24, 2.45) is 0 Å². The van der Waals surface area contributed by atoms with Crippen LogP contribution in [0.3, 0.4) is 0 Å². The molecular weight excluding hydrogens is 392 g/mol. The Balaban J connectivity index is 1.81. The van der Waals surface area contributed by atoms with Crippen molar-refractivity contribution in [2.75, 3.05) is 13.2 Å². The zero-order valence-corrected chi connectivity index (χ0v) is 18.5. The third kappa shape index (κ3) is 8.32. The van der Waals surface area contributed by atoms with Crippen LogP contribution in [0.4, 0.5) is 0 Å². The van der Waals surface area contributed by atoms with Crippen LogP contribution in [-0.4, -0.2) is 45.7 Å². The molecule has 0 heterocycles. The predicted octanol–water partition coefficient (Wildman–Crippen LogP) is 3.00. The fraction of sp³-hybridized carbons (Fsp3) is 0.667. The van der Waals surface area contributed by atoms with E-state index >= 15 is 0 Å². The van der Waals surface area contributed by atoms with Crippen molar-refractivity contribution in [3.05, 3.63) is 24.3 Å². The van der Waals surface area contributed by atoms with E-state index in [2.05, 4.69) is 10.0 Å². The SMILES string of the molecule is CC(C)OCCCNS(=O)(=O)c1ccc(O[C@H](C)C(=O)NC2CCCCC2)cc1. The number of carbonyl (C=O) groups excluding carboxylic acids is 1. The van der Waals surface area contributed by atoms with Gasteiger partial charge in [-0.15, -0.1) is 0 Å². The lowest BCUT2D eigenvalue weighted by atomic mass is 9.95. The van der Waals surface area contributed by atoms with Gasteiger partial charge in [-0.25, -0.2) is 13.1 Å². The number of amides is 1. The number of nitrogens with one attached hydrogen (secondary N) is 2. The maximum atomic E-state index is 12.3. The highest BCUT2D eigenvalue weighted by atomic mass is 32.2. The maximum Gasteiger partial charge on any atom is 0.260 e. The summed E-state index contributed by atoms with van der Waals surface area (Å²) in [5.41, 5.74) is 0. The minimum atomic E-state index is -3.58. The molecule has 29 heavy (non-hydrogen) atoms. The molecular formula is C21H34N2O5S. The molecule has 1 aromatic carbocycles. The number of benzene rings is 1. The molecule has 7 nitrogen and oxygen atoms in total. The number of rotatable bonds is 11. The van der Waals surface area contributed by atoms with Crippen LogP contribution in [0, 0.1) is 0 Å². The van der Waals surface area contributed by atoms with Gasteiger partial charge in [-0.2, -0.15) is 0 Å². The molecule has 0 radical (unpaired) electrons. The lowest BCUT2D eigenvalue weighted by molar-refractivity contribution is -0.128. The van der Waals surface area contributed by atoms with E-state index in [1.54, 1.807) is 19.1 Å². The molecule has 0 aromatic heterocycles. The Morgan fingerprint density at radius 2 is 1.76 bits per heavy atom. The van der Waals surface area contributed by atoms with Crippen molar-refractivity contribution >= 4 is 15.9 Å². The van der Waals surface area contributed by atoms with Gasteiger partial charge in [-0.1, -0.05) is 19.3 Å². The van der Waals surface area contributed by atoms with E-state index in [1.807, 2.05) is 13.8 Å². The molecule has 1 saturated carbocycles. The number of hydrogen-bond donors (Lipinski definition) is 2. The highest BCUT2D eigenvalue weighted by Crippen LogP contribution is 2.19. The molecule has 0 aliphatic heterocycles. The van der Waals surface area contributed by atoms with Crippen molar-refractivity contribution in [2.45, 2.75) is 82.4 Å². The zero-order valence-electron chi connectivity index (χ0n) is 17.6. The first-order valence-electron chi connectivity index (χ1n) is 10.5. The van der Waals surface area contributed by atoms with E-state index < -0.39 is 16.1 Å². The van der Waals surface area contributed by atoms with Crippen LogP contribution < -0.4 is 14.8 Å². The summed E-state index contributed by atoms with van der Waals surface area (Å²) in [6, 6.07) is 6.33. The normalized spacial score (nSPS) is 16.6. The van der Waals surface area contributed by atoms with Crippen molar-refractivity contribution < 1.29 is 22.7 Å². The van der Waals surface area contributed by atoms with E-state index in [0.29, 0.717) is 25.3 Å². The van der Waals surface area contributed by atoms with Crippen LogP contribution in [-0.2, 0) is 19.6 Å². The average molecular weight is 427 g/mol. The molecule has 0 spiro atoms. The molecule has 2 rings (SSSR count). The van der Waals surface area contributed by atoms with Gasteiger partial charge in [0.2, 0.25) is 10.0 Å². The van der Waals surface area contributed by atoms with Gasteiger partial charge in [-0.3, -0.25) is 4.79 Å². The molecule has 0 saturated heterocycles. The standard InChI is InChI=1S/C21H34N2O5S/c1-16(2)27-15-7-14-22-29(25,26)20-12-10-19(11-13-20)28-17(3)21(24)23-18-8-5-4-6-9-18/h10-13,16-18,22H,4-9,14-15H2,1-3H3,(H,23,24)/t17-/m1/s1. The van der Waals surface area contributed by atoms with E-state index in [0.717, 1.165) is 25.7 Å². The summed E-state index contributed by atoms with van der Waals surface area (Å²) < 4.78 is 38.3. The van der Waals surface area contributed by atoms with Crippen LogP contribution in [0.5, 0.6) is 5.75 Å². The van der Waals surface area contributed by atoms with Crippen LogP contribution in [0.15, 0.2) is 29.2 Å². The van der Waals surface area contributed by atoms with Crippen molar-refractivity contribution in [1.29, 1.82) is 0 Å². The third-order valence-electron chi connectivity index (χ3n) is 4.83. The molecule has 0 unspecified atom stereocenters. The monoisotopic (exact) mass is 426 g/mol. The number of sulfonamides is 1. The molecule has 1 amide bonds. The van der Waals surface area contributed by atoms with Crippen molar-refractivity contribution in [3.8, 4) is 5.75 Å². The summed E-state index contributed by atoms with van der Waals surface area (Å²) in [6.07, 6.45) is 5.65. The van der Waals surface area contributed by atoms with Gasteiger partial charge < -0.3 is 14.8 Å². The topological polar surface area (TPSA) is 93.7 Å². The third-order valence-corrected chi connectivity index (χ3v) is 6.31. The molecule has 2 N–H and O–H groups in total. The van der Waals surface area contributed by atoms with E-state index in [4.69, 9.17) is 9.47 Å². The van der Waals surface area contributed by atoms with Crippen LogP contribution in [0.1, 0.15) is 59.3 Å². The molecule has 0 bridgehead atoms. The first-order valence-corrected chi connectivity index (χ1v) is 11.9. The van der Waals surface area contributed by atoms with Gasteiger partial charge in [0.25, 0.3) is 5.91 Å². The average Bonchev–Trinajstić information content (AvgIpc) is 2.68. The molecule has 164 valence electrons. The van der Waals surface area contributed by atoms with Crippen molar-refractivity contribution in [3.63, 3.8) is 0 Å². The predicted molar refractivity (Wildman–Crippen MR) is 112 cm³/mol. The Morgan fingerprint density at radius 3 is 2.38 bits per heavy atom. The highest BCUT2D eigenvalue weighted by Gasteiger charge is 2.21. The molecule has 1 fully saturated rings. The van der Waals surface area contributed by atoms with Gasteiger partial charge in [-0.05, 0) is 64.3 Å². The number of carbonyl (C=O) groups is 1. The Morgan fingerprint density at radius 1 is 1.10 bits per heavy atom. The Bertz CT molecular complexity index is 728. The van der Waals surface area contributed by atoms with Crippen LogP contribution >= 0.6 is 0 Å². The largest absolute Gasteiger partial charge is 0.481 e. The van der Waals surface area contributed by atoms with Crippen LogP contribution in [0.25, 0.3) is 0 Å². The van der Waals surface area contributed by atoms with Gasteiger partial charge in [0.05, 0.1) is 11.0 Å². The first-order chi connectivity index (χ1) is 13.8. The van der Waals surface area contributed by atoms with Gasteiger partial charge in [0, 0.05) is 19.2 Å². The van der Waals surface area contributed by atoms with Gasteiger partial charge in [0.15, 0.2) is 6.10 Å². The molecule has 1 aliphatic rings. The van der Waals surface area contributed by atoms with E-state index in [-0.39, 0.29) is 22.9 Å². The first kappa shape index (κ1) is 23.6. The Hall–Kier alpha value is -1.64. The number of ether oxygens (including phenoxy) is 2. The smallest absolute Gasteiger partial charge is 0.260 e. The zero-order chi connectivity index (χ0) is 21.3. The lowest BCUT2D eigenvalue weighted by Crippen LogP contribution is -2.43. The van der Waals surface area contributed by atoms with Gasteiger partial charge >= 0.3 is 0 Å². The lowest BCUT2D eigenvalue weighted by Gasteiger charge is -2.24. The summed E-state index contributed by atoms with van der Waals surface area (Å²) in [5.74, 6) is 0.319. The summed E-state index contributed by atoms with van der Waals surface area (Å²) >= 11 is 0. The Labute approximate surface area is 174 Å². The van der Waals surface area contributed by atoms with E-state index in [9.17, 15) is 13.2 Å². The minimum Gasteiger partial charge on any atom is -0.481 e. The highest BCUT2D eigenvalue weighted by molar-refractivity contribution is 7.89. The van der Waals surface area contributed by atoms with Crippen molar-refractivity contribution in [1.82, 2.24) is 10.0 Å². The maximum absolute atomic E-state index is 12.3. The molecule has 1 aromatic rings. The minimum absolute atomic E-state index is 0.131. The Kier molecular flexibility index (Phi) is 9.39. The molecule has 8 heteroatoms. The fourth-order valence-electron chi connectivity index (χ4n) is 3.20. The van der Waals surface area contributed by atoms with Gasteiger partial charge in [0.1, 0.15) is 5.75 Å². The fourth-order valence-corrected chi connectivity index (χ4v) is 4.28. The summed E-state index contributed by atoms with van der Waals surface area (Å²) in [6.45, 7) is 6.39. The molecule has 1 aliphatic carbocycles. The second kappa shape index (κ2) is 11.5. The second-order valence-corrected chi connectivity index (χ2v) is 9.51. The second-order valence-electron chi connectivity index (χ2n) is 7.75.